The fraction of sp³-hybridized carbons (Fsp3) is 0.0455. The standard InChI is InChI=1S/C22H16N4S2/c1-2-18-17(21-12-24-14-28-21)8-9-25-22(18)19(3-1)26-10-15-4-6-16(7-5-15)20-11-23-13-27-20/h1-9,11-14,26H,10H2. The Hall–Kier alpha value is -3.09. The van der Waals surface area contributed by atoms with Crippen molar-refractivity contribution in [1.82, 2.24) is 15.0 Å². The largest absolute Gasteiger partial charge is 0.379 e. The van der Waals surface area contributed by atoms with Gasteiger partial charge in [0.2, 0.25) is 0 Å². The second-order valence-electron chi connectivity index (χ2n) is 6.34. The van der Waals surface area contributed by atoms with Crippen LogP contribution in [0.15, 0.2) is 78.1 Å². The van der Waals surface area contributed by atoms with Crippen molar-refractivity contribution in [3.63, 3.8) is 0 Å². The number of nitrogens with zero attached hydrogens (tertiary/aromatic N) is 3. The number of pyridine rings is 1. The van der Waals surface area contributed by atoms with Crippen LogP contribution < -0.4 is 5.32 Å². The summed E-state index contributed by atoms with van der Waals surface area (Å²) in [6.45, 7) is 0.745. The number of rotatable bonds is 5. The van der Waals surface area contributed by atoms with E-state index in [2.05, 4.69) is 68.8 Å². The minimum atomic E-state index is 0.745. The van der Waals surface area contributed by atoms with Crippen LogP contribution in [0, 0.1) is 0 Å². The fourth-order valence-corrected chi connectivity index (χ4v) is 4.52. The Balaban J connectivity index is 1.40. The van der Waals surface area contributed by atoms with Crippen LogP contribution in [0.1, 0.15) is 5.56 Å². The first-order valence-electron chi connectivity index (χ1n) is 8.87. The van der Waals surface area contributed by atoms with E-state index < -0.39 is 0 Å². The lowest BCUT2D eigenvalue weighted by atomic mass is 10.1. The zero-order valence-electron chi connectivity index (χ0n) is 14.9. The molecule has 2 aromatic carbocycles. The predicted octanol–water partition coefficient (Wildman–Crippen LogP) is 6.09. The molecule has 0 fully saturated rings. The number of hydrogen-bond donors (Lipinski definition) is 1. The van der Waals surface area contributed by atoms with Gasteiger partial charge < -0.3 is 5.32 Å². The van der Waals surface area contributed by atoms with Crippen molar-refractivity contribution in [3.05, 3.63) is 83.7 Å². The molecule has 0 aliphatic carbocycles. The van der Waals surface area contributed by atoms with E-state index in [0.29, 0.717) is 0 Å². The highest BCUT2D eigenvalue weighted by molar-refractivity contribution is 7.13. The van der Waals surface area contributed by atoms with E-state index in [9.17, 15) is 0 Å². The van der Waals surface area contributed by atoms with Crippen LogP contribution in [0.2, 0.25) is 0 Å². The van der Waals surface area contributed by atoms with Crippen LogP contribution in [0.4, 0.5) is 5.69 Å². The van der Waals surface area contributed by atoms with Crippen molar-refractivity contribution in [2.24, 2.45) is 0 Å². The van der Waals surface area contributed by atoms with Crippen molar-refractivity contribution in [2.75, 3.05) is 5.32 Å². The highest BCUT2D eigenvalue weighted by Gasteiger charge is 2.09. The molecule has 0 aliphatic rings. The highest BCUT2D eigenvalue weighted by Crippen LogP contribution is 2.33. The summed E-state index contributed by atoms with van der Waals surface area (Å²) in [6.07, 6.45) is 5.68. The Morgan fingerprint density at radius 3 is 2.36 bits per heavy atom. The molecular weight excluding hydrogens is 384 g/mol. The van der Waals surface area contributed by atoms with Crippen molar-refractivity contribution in [1.29, 1.82) is 0 Å². The first kappa shape index (κ1) is 17.0. The molecule has 5 aromatic rings. The summed E-state index contributed by atoms with van der Waals surface area (Å²) in [5.41, 5.74) is 9.34. The van der Waals surface area contributed by atoms with Gasteiger partial charge in [-0.3, -0.25) is 15.0 Å². The summed E-state index contributed by atoms with van der Waals surface area (Å²) < 4.78 is 0. The minimum absolute atomic E-state index is 0.745. The second-order valence-corrected chi connectivity index (χ2v) is 8.11. The van der Waals surface area contributed by atoms with E-state index in [1.807, 2.05) is 29.6 Å². The lowest BCUT2D eigenvalue weighted by molar-refractivity contribution is 1.15. The SMILES string of the molecule is c1cc(NCc2ccc(-c3cncs3)cc2)c2nccc(-c3cncs3)c2c1. The maximum Gasteiger partial charge on any atom is 0.0939 e. The molecule has 0 saturated heterocycles. The molecule has 3 heterocycles. The molecule has 0 radical (unpaired) electrons. The molecule has 0 aliphatic heterocycles. The number of fused-ring (bicyclic) bond motifs is 1. The molecule has 6 heteroatoms. The van der Waals surface area contributed by atoms with E-state index in [4.69, 9.17) is 0 Å². The quantitative estimate of drug-likeness (QED) is 0.388. The van der Waals surface area contributed by atoms with Crippen LogP contribution in [-0.2, 0) is 6.54 Å². The van der Waals surface area contributed by atoms with E-state index in [1.54, 1.807) is 22.7 Å². The molecule has 1 N–H and O–H groups in total. The van der Waals surface area contributed by atoms with Crippen LogP contribution in [0.3, 0.4) is 0 Å². The van der Waals surface area contributed by atoms with Gasteiger partial charge in [-0.05, 0) is 23.3 Å². The summed E-state index contributed by atoms with van der Waals surface area (Å²) in [4.78, 5) is 15.3. The van der Waals surface area contributed by atoms with Gasteiger partial charge in [0.05, 0.1) is 32.0 Å². The molecule has 5 rings (SSSR count). The Morgan fingerprint density at radius 2 is 1.61 bits per heavy atom. The number of benzene rings is 2. The third-order valence-corrected chi connectivity index (χ3v) is 6.25. The molecular formula is C22H16N4S2. The lowest BCUT2D eigenvalue weighted by Crippen LogP contribution is -2.00. The van der Waals surface area contributed by atoms with E-state index in [1.165, 1.54) is 21.6 Å². The average molecular weight is 401 g/mol. The lowest BCUT2D eigenvalue weighted by Gasteiger charge is -2.11. The maximum absolute atomic E-state index is 4.63. The predicted molar refractivity (Wildman–Crippen MR) is 118 cm³/mol. The van der Waals surface area contributed by atoms with Crippen molar-refractivity contribution < 1.29 is 0 Å². The molecule has 4 nitrogen and oxygen atoms in total. The number of para-hydroxylation sites is 1. The summed E-state index contributed by atoms with van der Waals surface area (Å²) in [5.74, 6) is 0. The summed E-state index contributed by atoms with van der Waals surface area (Å²) >= 11 is 3.30. The molecule has 0 atom stereocenters. The zero-order valence-corrected chi connectivity index (χ0v) is 16.5. The Morgan fingerprint density at radius 1 is 0.821 bits per heavy atom. The van der Waals surface area contributed by atoms with Crippen LogP contribution in [0.25, 0.3) is 31.8 Å². The number of nitrogens with one attached hydrogen (secondary N) is 1. The molecule has 0 unspecified atom stereocenters. The molecule has 0 spiro atoms. The molecule has 28 heavy (non-hydrogen) atoms. The van der Waals surface area contributed by atoms with Gasteiger partial charge in [0.15, 0.2) is 0 Å². The third-order valence-electron chi connectivity index (χ3n) is 4.62. The number of anilines is 1. The monoisotopic (exact) mass is 400 g/mol. The first-order chi connectivity index (χ1) is 13.9. The number of aromatic nitrogens is 3. The molecule has 136 valence electrons. The highest BCUT2D eigenvalue weighted by atomic mass is 32.1. The average Bonchev–Trinajstić information content (AvgIpc) is 3.46. The number of thiazole rings is 2. The first-order valence-corrected chi connectivity index (χ1v) is 10.6. The molecule has 0 amide bonds. The van der Waals surface area contributed by atoms with E-state index in [-0.39, 0.29) is 0 Å². The van der Waals surface area contributed by atoms with Gasteiger partial charge in [0.25, 0.3) is 0 Å². The van der Waals surface area contributed by atoms with Gasteiger partial charge in [-0.15, -0.1) is 22.7 Å². The Bertz CT molecular complexity index is 1200. The molecule has 0 saturated carbocycles. The molecule has 0 bridgehead atoms. The minimum Gasteiger partial charge on any atom is -0.379 e. The van der Waals surface area contributed by atoms with Gasteiger partial charge >= 0.3 is 0 Å². The van der Waals surface area contributed by atoms with E-state index in [0.717, 1.165) is 28.0 Å². The van der Waals surface area contributed by atoms with Crippen molar-refractivity contribution in [2.45, 2.75) is 6.54 Å². The third kappa shape index (κ3) is 3.28. The van der Waals surface area contributed by atoms with Crippen molar-refractivity contribution >= 4 is 39.3 Å². The Labute approximate surface area is 170 Å². The second kappa shape index (κ2) is 7.50. The maximum atomic E-state index is 4.63. The van der Waals surface area contributed by atoms with E-state index >= 15 is 0 Å². The fourth-order valence-electron chi connectivity index (χ4n) is 3.22. The van der Waals surface area contributed by atoms with Crippen molar-refractivity contribution in [3.8, 4) is 20.9 Å². The normalized spacial score (nSPS) is 11.0. The van der Waals surface area contributed by atoms with Crippen LogP contribution >= 0.6 is 22.7 Å². The smallest absolute Gasteiger partial charge is 0.0939 e. The van der Waals surface area contributed by atoms with Crippen LogP contribution in [0.5, 0.6) is 0 Å². The molecule has 3 aromatic heterocycles. The van der Waals surface area contributed by atoms with Gasteiger partial charge in [-0.2, -0.15) is 0 Å². The van der Waals surface area contributed by atoms with Crippen LogP contribution in [-0.4, -0.2) is 15.0 Å². The van der Waals surface area contributed by atoms with Gasteiger partial charge in [0, 0.05) is 36.1 Å². The van der Waals surface area contributed by atoms with Gasteiger partial charge in [0.1, 0.15) is 0 Å². The summed E-state index contributed by atoms with van der Waals surface area (Å²) in [7, 11) is 0. The summed E-state index contributed by atoms with van der Waals surface area (Å²) in [6, 6.07) is 16.9. The summed E-state index contributed by atoms with van der Waals surface area (Å²) in [5, 5.41) is 4.68. The number of hydrogen-bond acceptors (Lipinski definition) is 6. The Kier molecular flexibility index (Phi) is 4.56. The van der Waals surface area contributed by atoms with Gasteiger partial charge in [-0.25, -0.2) is 0 Å². The zero-order chi connectivity index (χ0) is 18.8. The van der Waals surface area contributed by atoms with Gasteiger partial charge in [-0.1, -0.05) is 36.4 Å². The topological polar surface area (TPSA) is 50.7 Å².